The van der Waals surface area contributed by atoms with Gasteiger partial charge in [-0.3, -0.25) is 4.90 Å². The molecule has 0 fully saturated rings. The topological polar surface area (TPSA) is 42.2 Å². The predicted molar refractivity (Wildman–Crippen MR) is 86.0 cm³/mol. The first-order valence-electron chi connectivity index (χ1n) is 7.47. The molecule has 0 amide bonds. The molecule has 0 saturated heterocycles. The fourth-order valence-electron chi connectivity index (χ4n) is 2.35. The molecule has 4 nitrogen and oxygen atoms in total. The van der Waals surface area contributed by atoms with E-state index in [1.54, 1.807) is 6.07 Å². The number of aromatic nitrogens is 2. The van der Waals surface area contributed by atoms with Crippen LogP contribution in [0.4, 0.5) is 4.39 Å². The van der Waals surface area contributed by atoms with Crippen molar-refractivity contribution in [3.63, 3.8) is 0 Å². The molecule has 5 heteroatoms. The van der Waals surface area contributed by atoms with Crippen molar-refractivity contribution < 1.29 is 8.81 Å². The minimum absolute atomic E-state index is 0.0665. The van der Waals surface area contributed by atoms with Crippen LogP contribution in [0.3, 0.4) is 0 Å². The van der Waals surface area contributed by atoms with Crippen LogP contribution >= 0.6 is 0 Å². The second-order valence-electron chi connectivity index (χ2n) is 5.53. The van der Waals surface area contributed by atoms with Crippen molar-refractivity contribution in [1.29, 1.82) is 0 Å². The Morgan fingerprint density at radius 3 is 2.61 bits per heavy atom. The molecule has 23 heavy (non-hydrogen) atoms. The van der Waals surface area contributed by atoms with Crippen molar-refractivity contribution in [3.8, 4) is 11.5 Å². The maximum absolute atomic E-state index is 13.3. The second-order valence-corrected chi connectivity index (χ2v) is 5.53. The Bertz CT molecular complexity index is 773. The van der Waals surface area contributed by atoms with E-state index >= 15 is 0 Å². The van der Waals surface area contributed by atoms with Crippen molar-refractivity contribution in [1.82, 2.24) is 15.1 Å². The molecular weight excluding hydrogens is 293 g/mol. The first kappa shape index (κ1) is 15.4. The zero-order valence-electron chi connectivity index (χ0n) is 13.1. The fourth-order valence-corrected chi connectivity index (χ4v) is 2.35. The molecule has 0 bridgehead atoms. The number of nitrogens with zero attached hydrogens (tertiary/aromatic N) is 3. The van der Waals surface area contributed by atoms with E-state index in [1.807, 2.05) is 55.3 Å². The van der Waals surface area contributed by atoms with Gasteiger partial charge in [0.25, 0.3) is 0 Å². The van der Waals surface area contributed by atoms with Crippen LogP contribution in [0.5, 0.6) is 0 Å². The van der Waals surface area contributed by atoms with E-state index in [-0.39, 0.29) is 11.9 Å². The van der Waals surface area contributed by atoms with Crippen molar-refractivity contribution in [2.45, 2.75) is 19.5 Å². The van der Waals surface area contributed by atoms with Gasteiger partial charge in [0, 0.05) is 12.1 Å². The molecule has 3 aromatic rings. The molecule has 1 aromatic heterocycles. The third-order valence-corrected chi connectivity index (χ3v) is 3.80. The molecule has 0 saturated carbocycles. The van der Waals surface area contributed by atoms with Crippen LogP contribution in [0.25, 0.3) is 11.5 Å². The van der Waals surface area contributed by atoms with Crippen LogP contribution in [-0.4, -0.2) is 22.1 Å². The molecule has 0 unspecified atom stereocenters. The maximum atomic E-state index is 13.3. The van der Waals surface area contributed by atoms with Crippen LogP contribution in [0.1, 0.15) is 24.4 Å². The lowest BCUT2D eigenvalue weighted by atomic mass is 10.2. The Balaban J connectivity index is 1.73. The Labute approximate surface area is 134 Å². The zero-order valence-corrected chi connectivity index (χ0v) is 13.1. The number of rotatable bonds is 5. The molecule has 0 spiro atoms. The minimum atomic E-state index is -0.229. The smallest absolute Gasteiger partial charge is 0.247 e. The largest absolute Gasteiger partial charge is 0.419 e. The summed E-state index contributed by atoms with van der Waals surface area (Å²) in [5.41, 5.74) is 1.80. The Hall–Kier alpha value is -2.53. The standard InChI is InChI=1S/C18H18FN3O/c1-13(22(2)12-14-7-6-10-16(19)11-14)17-20-21-18(23-17)15-8-4-3-5-9-15/h3-11,13H,12H2,1-2H3/t13-/m1/s1. The van der Waals surface area contributed by atoms with Gasteiger partial charge in [0.15, 0.2) is 0 Å². The van der Waals surface area contributed by atoms with Gasteiger partial charge in [-0.15, -0.1) is 10.2 Å². The summed E-state index contributed by atoms with van der Waals surface area (Å²) in [4.78, 5) is 2.04. The van der Waals surface area contributed by atoms with Gasteiger partial charge in [0.1, 0.15) is 5.82 Å². The lowest BCUT2D eigenvalue weighted by molar-refractivity contribution is 0.218. The summed E-state index contributed by atoms with van der Waals surface area (Å²) < 4.78 is 19.0. The van der Waals surface area contributed by atoms with Crippen molar-refractivity contribution in [2.75, 3.05) is 7.05 Å². The van der Waals surface area contributed by atoms with Crippen LogP contribution in [0.2, 0.25) is 0 Å². The SMILES string of the molecule is C[C@H](c1nnc(-c2ccccc2)o1)N(C)Cc1cccc(F)c1. The fraction of sp³-hybridized carbons (Fsp3) is 0.222. The highest BCUT2D eigenvalue weighted by Gasteiger charge is 2.19. The van der Waals surface area contributed by atoms with Gasteiger partial charge in [-0.2, -0.15) is 0 Å². The summed E-state index contributed by atoms with van der Waals surface area (Å²) in [6, 6.07) is 16.2. The second kappa shape index (κ2) is 6.71. The van der Waals surface area contributed by atoms with E-state index in [0.717, 1.165) is 11.1 Å². The monoisotopic (exact) mass is 311 g/mol. The zero-order chi connectivity index (χ0) is 16.2. The van der Waals surface area contributed by atoms with E-state index in [0.29, 0.717) is 18.3 Å². The van der Waals surface area contributed by atoms with Crippen LogP contribution < -0.4 is 0 Å². The molecule has 3 rings (SSSR count). The molecule has 2 aromatic carbocycles. The third-order valence-electron chi connectivity index (χ3n) is 3.80. The molecular formula is C18H18FN3O. The van der Waals surface area contributed by atoms with E-state index in [4.69, 9.17) is 4.42 Å². The number of hydrogen-bond acceptors (Lipinski definition) is 4. The summed E-state index contributed by atoms with van der Waals surface area (Å²) in [6.45, 7) is 2.59. The van der Waals surface area contributed by atoms with E-state index in [9.17, 15) is 4.39 Å². The summed E-state index contributed by atoms with van der Waals surface area (Å²) in [5, 5.41) is 8.25. The van der Waals surface area contributed by atoms with Gasteiger partial charge in [-0.1, -0.05) is 30.3 Å². The van der Waals surface area contributed by atoms with Gasteiger partial charge in [-0.25, -0.2) is 4.39 Å². The van der Waals surface area contributed by atoms with Gasteiger partial charge in [-0.05, 0) is 43.8 Å². The van der Waals surface area contributed by atoms with Crippen molar-refractivity contribution >= 4 is 0 Å². The average Bonchev–Trinajstić information content (AvgIpc) is 3.05. The van der Waals surface area contributed by atoms with Gasteiger partial charge >= 0.3 is 0 Å². The quantitative estimate of drug-likeness (QED) is 0.712. The average molecular weight is 311 g/mol. The van der Waals surface area contributed by atoms with Crippen LogP contribution in [0.15, 0.2) is 59.0 Å². The van der Waals surface area contributed by atoms with E-state index in [2.05, 4.69) is 10.2 Å². The molecule has 0 radical (unpaired) electrons. The lowest BCUT2D eigenvalue weighted by Crippen LogP contribution is -2.22. The predicted octanol–water partition coefficient (Wildman–Crippen LogP) is 4.07. The van der Waals surface area contributed by atoms with Gasteiger partial charge in [0.2, 0.25) is 11.8 Å². The molecule has 0 aliphatic carbocycles. The first-order valence-corrected chi connectivity index (χ1v) is 7.47. The minimum Gasteiger partial charge on any atom is -0.419 e. The normalized spacial score (nSPS) is 12.5. The van der Waals surface area contributed by atoms with Gasteiger partial charge < -0.3 is 4.42 Å². The Morgan fingerprint density at radius 2 is 1.87 bits per heavy atom. The number of benzene rings is 2. The Morgan fingerprint density at radius 1 is 1.09 bits per heavy atom. The molecule has 1 atom stereocenters. The van der Waals surface area contributed by atoms with Crippen molar-refractivity contribution in [2.24, 2.45) is 0 Å². The maximum Gasteiger partial charge on any atom is 0.247 e. The van der Waals surface area contributed by atoms with Crippen molar-refractivity contribution in [3.05, 3.63) is 71.9 Å². The molecule has 0 N–H and O–H groups in total. The highest BCUT2D eigenvalue weighted by atomic mass is 19.1. The van der Waals surface area contributed by atoms with Gasteiger partial charge in [0.05, 0.1) is 6.04 Å². The Kier molecular flexibility index (Phi) is 4.48. The molecule has 118 valence electrons. The highest BCUT2D eigenvalue weighted by Crippen LogP contribution is 2.24. The molecule has 1 heterocycles. The third kappa shape index (κ3) is 3.63. The molecule has 0 aliphatic heterocycles. The lowest BCUT2D eigenvalue weighted by Gasteiger charge is -2.21. The first-order chi connectivity index (χ1) is 11.1. The summed E-state index contributed by atoms with van der Waals surface area (Å²) in [7, 11) is 1.95. The molecule has 0 aliphatic rings. The van der Waals surface area contributed by atoms with Crippen LogP contribution in [-0.2, 0) is 6.54 Å². The van der Waals surface area contributed by atoms with E-state index < -0.39 is 0 Å². The number of hydrogen-bond donors (Lipinski definition) is 0. The summed E-state index contributed by atoms with van der Waals surface area (Å²) >= 11 is 0. The van der Waals surface area contributed by atoms with E-state index in [1.165, 1.54) is 12.1 Å². The van der Waals surface area contributed by atoms with Crippen LogP contribution in [0, 0.1) is 5.82 Å². The summed E-state index contributed by atoms with van der Waals surface area (Å²) in [5.74, 6) is 0.821. The number of halogens is 1. The summed E-state index contributed by atoms with van der Waals surface area (Å²) in [6.07, 6.45) is 0. The highest BCUT2D eigenvalue weighted by molar-refractivity contribution is 5.51.